The molecule has 0 saturated heterocycles. The Hall–Kier alpha value is -0.650. The Morgan fingerprint density at radius 1 is 1.04 bits per heavy atom. The van der Waals surface area contributed by atoms with E-state index in [1.165, 1.54) is 39.2 Å². The molecule has 0 unspecified atom stereocenters. The van der Waals surface area contributed by atoms with E-state index in [2.05, 4.69) is 12.4 Å². The van der Waals surface area contributed by atoms with Crippen LogP contribution in [0.15, 0.2) is 0 Å². The SMILES string of the molecule is CONCOC(=O)[C@H]1CC[C@H]2[C@@H]3CC[C@H]4C[C@](C)(O)CC[C@@H]4[C@H]3CC[C@]12C. The van der Waals surface area contributed by atoms with E-state index >= 15 is 0 Å². The zero-order chi connectivity index (χ0) is 19.2. The molecular weight excluding hydrogens is 342 g/mol. The Morgan fingerprint density at radius 2 is 1.81 bits per heavy atom. The van der Waals surface area contributed by atoms with Gasteiger partial charge in [-0.1, -0.05) is 6.92 Å². The van der Waals surface area contributed by atoms with Gasteiger partial charge in [0.25, 0.3) is 0 Å². The van der Waals surface area contributed by atoms with Crippen molar-refractivity contribution >= 4 is 5.97 Å². The van der Waals surface area contributed by atoms with E-state index in [1.54, 1.807) is 0 Å². The monoisotopic (exact) mass is 379 g/mol. The fourth-order valence-electron chi connectivity index (χ4n) is 7.73. The average Bonchev–Trinajstić information content (AvgIpc) is 2.98. The lowest BCUT2D eigenvalue weighted by atomic mass is 9.49. The van der Waals surface area contributed by atoms with Gasteiger partial charge in [0.2, 0.25) is 0 Å². The lowest BCUT2D eigenvalue weighted by Gasteiger charge is -2.56. The number of carbonyl (C=O) groups excluding carboxylic acids is 1. The van der Waals surface area contributed by atoms with Crippen LogP contribution in [-0.2, 0) is 14.4 Å². The first-order valence-corrected chi connectivity index (χ1v) is 11.0. The highest BCUT2D eigenvalue weighted by Gasteiger charge is 2.59. The van der Waals surface area contributed by atoms with E-state index in [4.69, 9.17) is 9.57 Å². The number of aliphatic hydroxyl groups is 1. The Balaban J connectivity index is 1.45. The average molecular weight is 380 g/mol. The molecule has 0 bridgehead atoms. The van der Waals surface area contributed by atoms with Gasteiger partial charge >= 0.3 is 5.97 Å². The lowest BCUT2D eigenvalue weighted by Crippen LogP contribution is -2.51. The summed E-state index contributed by atoms with van der Waals surface area (Å²) in [6.45, 7) is 4.51. The predicted molar refractivity (Wildman–Crippen MR) is 102 cm³/mol. The number of nitrogens with one attached hydrogen (secondary N) is 1. The smallest absolute Gasteiger partial charge is 0.310 e. The van der Waals surface area contributed by atoms with Gasteiger partial charge in [-0.05, 0) is 99.7 Å². The molecule has 4 fully saturated rings. The molecule has 0 amide bonds. The second-order valence-corrected chi connectivity index (χ2v) is 10.3. The number of fused-ring (bicyclic) bond motifs is 5. The van der Waals surface area contributed by atoms with Crippen LogP contribution in [0.4, 0.5) is 0 Å². The molecule has 5 nitrogen and oxygen atoms in total. The van der Waals surface area contributed by atoms with Gasteiger partial charge in [0.15, 0.2) is 6.73 Å². The molecule has 0 aliphatic heterocycles. The summed E-state index contributed by atoms with van der Waals surface area (Å²) in [5, 5.41) is 10.5. The van der Waals surface area contributed by atoms with E-state index in [1.807, 2.05) is 6.92 Å². The van der Waals surface area contributed by atoms with Gasteiger partial charge in [0, 0.05) is 0 Å². The summed E-state index contributed by atoms with van der Waals surface area (Å²) < 4.78 is 5.42. The van der Waals surface area contributed by atoms with E-state index in [0.29, 0.717) is 11.8 Å². The van der Waals surface area contributed by atoms with Gasteiger partial charge in [0.1, 0.15) is 0 Å². The molecule has 27 heavy (non-hydrogen) atoms. The van der Waals surface area contributed by atoms with Crippen molar-refractivity contribution in [3.63, 3.8) is 0 Å². The highest BCUT2D eigenvalue weighted by molar-refractivity contribution is 5.74. The second kappa shape index (κ2) is 7.31. The Kier molecular flexibility index (Phi) is 5.32. The van der Waals surface area contributed by atoms with E-state index < -0.39 is 5.60 Å². The molecule has 0 radical (unpaired) electrons. The van der Waals surface area contributed by atoms with Crippen LogP contribution in [0, 0.1) is 40.9 Å². The number of esters is 1. The van der Waals surface area contributed by atoms with Gasteiger partial charge in [-0.3, -0.25) is 4.79 Å². The third-order valence-corrected chi connectivity index (χ3v) is 8.94. The van der Waals surface area contributed by atoms with Crippen LogP contribution in [0.1, 0.15) is 71.6 Å². The van der Waals surface area contributed by atoms with Crippen molar-refractivity contribution < 1.29 is 19.5 Å². The topological polar surface area (TPSA) is 67.8 Å². The molecule has 0 aromatic carbocycles. The number of ether oxygens (including phenoxy) is 1. The molecule has 5 heteroatoms. The van der Waals surface area contributed by atoms with Crippen molar-refractivity contribution in [2.45, 2.75) is 77.2 Å². The summed E-state index contributed by atoms with van der Waals surface area (Å²) >= 11 is 0. The van der Waals surface area contributed by atoms with E-state index in [-0.39, 0.29) is 24.0 Å². The molecule has 154 valence electrons. The standard InChI is InChI=1S/C22H37NO4/c1-21(25)10-8-15-14(12-21)4-5-17-16(15)9-11-22(2)18(17)6-7-19(22)20(24)27-13-23-26-3/h14-19,23,25H,4-13H2,1-3H3/t14-,15-,16+,17+,18-,19+,21+,22-/m0/s1. The first kappa shape index (κ1) is 19.7. The minimum Gasteiger partial charge on any atom is -0.447 e. The second-order valence-electron chi connectivity index (χ2n) is 10.3. The normalized spacial score (nSPS) is 49.0. The third kappa shape index (κ3) is 3.44. The van der Waals surface area contributed by atoms with Crippen LogP contribution in [0.25, 0.3) is 0 Å². The summed E-state index contributed by atoms with van der Waals surface area (Å²) in [6, 6.07) is 0. The minimum atomic E-state index is -0.449. The summed E-state index contributed by atoms with van der Waals surface area (Å²) in [5.74, 6) is 3.72. The highest BCUT2D eigenvalue weighted by Crippen LogP contribution is 2.64. The Morgan fingerprint density at radius 3 is 2.59 bits per heavy atom. The van der Waals surface area contributed by atoms with Gasteiger partial charge in [-0.15, -0.1) is 0 Å². The zero-order valence-corrected chi connectivity index (χ0v) is 17.2. The first-order chi connectivity index (χ1) is 12.9. The molecule has 4 aliphatic rings. The van der Waals surface area contributed by atoms with Crippen LogP contribution in [0.5, 0.6) is 0 Å². The molecule has 8 atom stereocenters. The fourth-order valence-corrected chi connectivity index (χ4v) is 7.73. The summed E-state index contributed by atoms with van der Waals surface area (Å²) in [5.41, 5.74) is 2.25. The van der Waals surface area contributed by atoms with Crippen LogP contribution in [0.3, 0.4) is 0 Å². The number of hydrogen-bond donors (Lipinski definition) is 2. The molecule has 4 rings (SSSR count). The maximum Gasteiger partial charge on any atom is 0.310 e. The number of hydroxylamine groups is 1. The minimum absolute atomic E-state index is 0.0342. The lowest BCUT2D eigenvalue weighted by molar-refractivity contribution is -0.161. The highest BCUT2D eigenvalue weighted by atomic mass is 16.7. The fraction of sp³-hybridized carbons (Fsp3) is 0.955. The molecule has 0 spiro atoms. The van der Waals surface area contributed by atoms with Crippen molar-refractivity contribution in [1.82, 2.24) is 5.48 Å². The maximum absolute atomic E-state index is 12.7. The zero-order valence-electron chi connectivity index (χ0n) is 17.2. The van der Waals surface area contributed by atoms with Crippen molar-refractivity contribution in [2.75, 3.05) is 13.8 Å². The van der Waals surface area contributed by atoms with Crippen molar-refractivity contribution in [3.05, 3.63) is 0 Å². The predicted octanol–water partition coefficient (Wildman–Crippen LogP) is 3.66. The van der Waals surface area contributed by atoms with Crippen LogP contribution in [0.2, 0.25) is 0 Å². The number of hydrogen-bond acceptors (Lipinski definition) is 5. The molecule has 2 N–H and O–H groups in total. The van der Waals surface area contributed by atoms with E-state index in [9.17, 15) is 9.90 Å². The molecule has 0 aromatic rings. The first-order valence-electron chi connectivity index (χ1n) is 11.0. The quantitative estimate of drug-likeness (QED) is 0.338. The number of rotatable bonds is 4. The molecule has 0 heterocycles. The largest absolute Gasteiger partial charge is 0.447 e. The van der Waals surface area contributed by atoms with Crippen LogP contribution < -0.4 is 5.48 Å². The third-order valence-electron chi connectivity index (χ3n) is 8.94. The van der Waals surface area contributed by atoms with Gasteiger partial charge in [-0.2, -0.15) is 5.48 Å². The van der Waals surface area contributed by atoms with Gasteiger partial charge < -0.3 is 14.7 Å². The maximum atomic E-state index is 12.7. The van der Waals surface area contributed by atoms with Crippen LogP contribution >= 0.6 is 0 Å². The molecular formula is C22H37NO4. The number of carbonyl (C=O) groups is 1. The summed E-state index contributed by atoms with van der Waals surface area (Å²) in [4.78, 5) is 17.5. The molecule has 4 aliphatic carbocycles. The Bertz CT molecular complexity index is 565. The van der Waals surface area contributed by atoms with E-state index in [0.717, 1.165) is 43.4 Å². The van der Waals surface area contributed by atoms with Crippen molar-refractivity contribution in [3.8, 4) is 0 Å². The summed E-state index contributed by atoms with van der Waals surface area (Å²) in [6.07, 6.45) is 10.2. The Labute approximate surface area is 163 Å². The van der Waals surface area contributed by atoms with Gasteiger partial charge in [-0.25, -0.2) is 0 Å². The molecule has 0 aromatic heterocycles. The van der Waals surface area contributed by atoms with Crippen LogP contribution in [-0.4, -0.2) is 30.5 Å². The van der Waals surface area contributed by atoms with Crippen molar-refractivity contribution in [1.29, 1.82) is 0 Å². The van der Waals surface area contributed by atoms with Crippen molar-refractivity contribution in [2.24, 2.45) is 40.9 Å². The summed E-state index contributed by atoms with van der Waals surface area (Å²) in [7, 11) is 1.53. The van der Waals surface area contributed by atoms with Gasteiger partial charge in [0.05, 0.1) is 18.6 Å². The molecule has 4 saturated carbocycles.